The van der Waals surface area contributed by atoms with Crippen LogP contribution in [0.1, 0.15) is 43.9 Å². The second kappa shape index (κ2) is 6.39. The Morgan fingerprint density at radius 2 is 1.88 bits per heavy atom. The van der Waals surface area contributed by atoms with E-state index >= 15 is 0 Å². The molecule has 2 aromatic carbocycles. The monoisotopic (exact) mass is 374 g/mol. The summed E-state index contributed by atoms with van der Waals surface area (Å²) in [5.74, 6) is 0. The molecule has 1 unspecified atom stereocenters. The molecule has 0 amide bonds. The highest BCUT2D eigenvalue weighted by Gasteiger charge is 2.32. The predicted molar refractivity (Wildman–Crippen MR) is 101 cm³/mol. The molecule has 1 aliphatic rings. The molecule has 1 atom stereocenters. The highest BCUT2D eigenvalue weighted by molar-refractivity contribution is 7.90. The van der Waals surface area contributed by atoms with E-state index < -0.39 is 20.4 Å². The third kappa shape index (κ3) is 3.44. The summed E-state index contributed by atoms with van der Waals surface area (Å²) in [7, 11) is -3.70. The Balaban J connectivity index is 1.99. The van der Waals surface area contributed by atoms with Gasteiger partial charge in [0, 0.05) is 18.0 Å². The first-order chi connectivity index (χ1) is 12.1. The fourth-order valence-corrected chi connectivity index (χ4v) is 4.48. The van der Waals surface area contributed by atoms with Crippen molar-refractivity contribution in [3.8, 4) is 0 Å². The Kier molecular flexibility index (Phi) is 4.52. The molecule has 1 N–H and O–H groups in total. The summed E-state index contributed by atoms with van der Waals surface area (Å²) in [6.45, 7) is 4.44. The summed E-state index contributed by atoms with van der Waals surface area (Å²) in [6, 6.07) is 12.4. The van der Waals surface area contributed by atoms with Gasteiger partial charge in [0.1, 0.15) is 4.90 Å². The topological polar surface area (TPSA) is 89.3 Å². The van der Waals surface area contributed by atoms with Gasteiger partial charge in [-0.1, -0.05) is 38.1 Å². The summed E-state index contributed by atoms with van der Waals surface area (Å²) >= 11 is 0. The van der Waals surface area contributed by atoms with Crippen LogP contribution in [-0.2, 0) is 15.3 Å². The largest absolute Gasteiger partial charge is 0.378 e. The number of fused-ring (bicyclic) bond motifs is 1. The van der Waals surface area contributed by atoms with Crippen molar-refractivity contribution in [1.82, 2.24) is 0 Å². The van der Waals surface area contributed by atoms with Crippen LogP contribution in [0.2, 0.25) is 0 Å². The molecule has 6 nitrogen and oxygen atoms in total. The normalized spacial score (nSPS) is 18.8. The fourth-order valence-electron chi connectivity index (χ4n) is 3.62. The van der Waals surface area contributed by atoms with Gasteiger partial charge in [0.05, 0.1) is 11.0 Å². The molecule has 0 fully saturated rings. The van der Waals surface area contributed by atoms with Crippen LogP contribution >= 0.6 is 0 Å². The van der Waals surface area contributed by atoms with E-state index in [1.165, 1.54) is 23.3 Å². The molecular weight excluding hydrogens is 352 g/mol. The molecule has 26 heavy (non-hydrogen) atoms. The molecule has 1 aliphatic carbocycles. The Morgan fingerprint density at radius 1 is 1.19 bits per heavy atom. The lowest BCUT2D eigenvalue weighted by atomic mass is 9.71. The maximum atomic E-state index is 12.0. The first-order valence-corrected chi connectivity index (χ1v) is 10.3. The second-order valence-electron chi connectivity index (χ2n) is 7.42. The summed E-state index contributed by atoms with van der Waals surface area (Å²) in [5.41, 5.74) is 2.71. The fraction of sp³-hybridized carbons (Fsp3) is 0.368. The van der Waals surface area contributed by atoms with Crippen LogP contribution in [0.15, 0.2) is 47.4 Å². The number of hydrogen-bond donors (Lipinski definition) is 1. The molecule has 0 radical (unpaired) electrons. The van der Waals surface area contributed by atoms with Crippen LogP contribution in [0.25, 0.3) is 0 Å². The molecule has 3 rings (SSSR count). The smallest absolute Gasteiger partial charge is 0.288 e. The third-order valence-electron chi connectivity index (χ3n) is 5.02. The Hall–Kier alpha value is -2.41. The van der Waals surface area contributed by atoms with Gasteiger partial charge < -0.3 is 5.32 Å². The Bertz CT molecular complexity index is 967. The molecule has 0 saturated heterocycles. The number of benzene rings is 2. The van der Waals surface area contributed by atoms with Crippen molar-refractivity contribution in [2.45, 2.75) is 43.0 Å². The number of nitrogens with zero attached hydrogens (tertiary/aromatic N) is 1. The van der Waals surface area contributed by atoms with E-state index in [0.717, 1.165) is 19.1 Å². The summed E-state index contributed by atoms with van der Waals surface area (Å²) in [4.78, 5) is 10.2. The van der Waals surface area contributed by atoms with Crippen LogP contribution in [0.4, 0.5) is 11.4 Å². The van der Waals surface area contributed by atoms with Gasteiger partial charge >= 0.3 is 0 Å². The van der Waals surface area contributed by atoms with Crippen LogP contribution < -0.4 is 5.32 Å². The van der Waals surface area contributed by atoms with Crippen LogP contribution in [-0.4, -0.2) is 19.6 Å². The second-order valence-corrected chi connectivity index (χ2v) is 9.40. The average Bonchev–Trinajstić information content (AvgIpc) is 2.57. The minimum Gasteiger partial charge on any atom is -0.378 e. The quantitative estimate of drug-likeness (QED) is 0.639. The van der Waals surface area contributed by atoms with Crippen molar-refractivity contribution in [3.05, 3.63) is 63.7 Å². The number of nitrogens with one attached hydrogen (secondary N) is 1. The van der Waals surface area contributed by atoms with E-state index in [1.807, 2.05) is 12.1 Å². The molecule has 7 heteroatoms. The van der Waals surface area contributed by atoms with Crippen LogP contribution in [0.3, 0.4) is 0 Å². The zero-order chi connectivity index (χ0) is 19.1. The molecule has 0 saturated carbocycles. The number of hydrogen-bond acceptors (Lipinski definition) is 5. The molecule has 0 heterocycles. The van der Waals surface area contributed by atoms with Gasteiger partial charge in [0.2, 0.25) is 0 Å². The minimum atomic E-state index is -3.70. The van der Waals surface area contributed by atoms with Gasteiger partial charge in [-0.05, 0) is 41.5 Å². The van der Waals surface area contributed by atoms with Gasteiger partial charge in [-0.3, -0.25) is 10.1 Å². The van der Waals surface area contributed by atoms with Gasteiger partial charge in [0.15, 0.2) is 9.84 Å². The number of sulfone groups is 1. The van der Waals surface area contributed by atoms with Crippen LogP contribution in [0, 0.1) is 10.1 Å². The van der Waals surface area contributed by atoms with Gasteiger partial charge in [-0.25, -0.2) is 8.42 Å². The first kappa shape index (κ1) is 18.4. The summed E-state index contributed by atoms with van der Waals surface area (Å²) in [5, 5.41) is 14.5. The Morgan fingerprint density at radius 3 is 2.54 bits per heavy atom. The number of anilines is 1. The lowest BCUT2D eigenvalue weighted by Gasteiger charge is -2.37. The van der Waals surface area contributed by atoms with Gasteiger partial charge in [-0.2, -0.15) is 0 Å². The lowest BCUT2D eigenvalue weighted by Crippen LogP contribution is -2.29. The standard InChI is InChI=1S/C19H22N2O4S/c1-19(2)11-10-16(14-6-4-5-7-15(14)19)20-13-8-9-17(21(22)23)18(12-13)26(3,24)25/h4-9,12,16,20H,10-11H2,1-3H3. The SMILES string of the molecule is CC1(C)CCC(Nc2ccc([N+](=O)[O-])c(S(C)(=O)=O)c2)c2ccccc21. The van der Waals surface area contributed by atoms with Crippen molar-refractivity contribution in [3.63, 3.8) is 0 Å². The average molecular weight is 374 g/mol. The molecule has 0 spiro atoms. The van der Waals surface area contributed by atoms with E-state index in [2.05, 4.69) is 31.3 Å². The zero-order valence-electron chi connectivity index (χ0n) is 15.0. The maximum absolute atomic E-state index is 12.0. The number of rotatable bonds is 4. The molecule has 2 aromatic rings. The van der Waals surface area contributed by atoms with Crippen LogP contribution in [0.5, 0.6) is 0 Å². The Labute approximate surface area is 153 Å². The van der Waals surface area contributed by atoms with Crippen molar-refractivity contribution < 1.29 is 13.3 Å². The van der Waals surface area contributed by atoms with E-state index in [0.29, 0.717) is 5.69 Å². The zero-order valence-corrected chi connectivity index (χ0v) is 15.8. The predicted octanol–water partition coefficient (Wildman–Crippen LogP) is 4.22. The van der Waals surface area contributed by atoms with Crippen molar-refractivity contribution in [2.75, 3.05) is 11.6 Å². The molecule has 0 aromatic heterocycles. The van der Waals surface area contributed by atoms with E-state index in [-0.39, 0.29) is 16.4 Å². The summed E-state index contributed by atoms with van der Waals surface area (Å²) in [6.07, 6.45) is 2.88. The van der Waals surface area contributed by atoms with Crippen molar-refractivity contribution in [2.24, 2.45) is 0 Å². The van der Waals surface area contributed by atoms with Crippen molar-refractivity contribution >= 4 is 21.2 Å². The first-order valence-electron chi connectivity index (χ1n) is 8.44. The molecule has 0 bridgehead atoms. The molecular formula is C19H22N2O4S. The maximum Gasteiger partial charge on any atom is 0.288 e. The van der Waals surface area contributed by atoms with Gasteiger partial charge in [0.25, 0.3) is 5.69 Å². The highest BCUT2D eigenvalue weighted by Crippen LogP contribution is 2.43. The van der Waals surface area contributed by atoms with Gasteiger partial charge in [-0.15, -0.1) is 0 Å². The van der Waals surface area contributed by atoms with E-state index in [1.54, 1.807) is 6.07 Å². The number of nitro groups is 1. The summed E-state index contributed by atoms with van der Waals surface area (Å²) < 4.78 is 23.9. The highest BCUT2D eigenvalue weighted by atomic mass is 32.2. The molecule has 0 aliphatic heterocycles. The van der Waals surface area contributed by atoms with E-state index in [9.17, 15) is 18.5 Å². The van der Waals surface area contributed by atoms with Crippen molar-refractivity contribution in [1.29, 1.82) is 0 Å². The number of nitro benzene ring substituents is 1. The third-order valence-corrected chi connectivity index (χ3v) is 6.15. The minimum absolute atomic E-state index is 0.0353. The lowest BCUT2D eigenvalue weighted by molar-refractivity contribution is -0.387. The molecule has 138 valence electrons. The van der Waals surface area contributed by atoms with E-state index in [4.69, 9.17) is 0 Å².